The van der Waals surface area contributed by atoms with Crippen LogP contribution >= 0.6 is 15.9 Å². The van der Waals surface area contributed by atoms with E-state index in [0.29, 0.717) is 0 Å². The molecule has 0 aromatic heterocycles. The van der Waals surface area contributed by atoms with Gasteiger partial charge in [0.15, 0.2) is 0 Å². The Morgan fingerprint density at radius 3 is 2.21 bits per heavy atom. The zero-order valence-corrected chi connectivity index (χ0v) is 12.1. The fourth-order valence-corrected chi connectivity index (χ4v) is 1.36. The van der Waals surface area contributed by atoms with Gasteiger partial charge < -0.3 is 12.9 Å². The van der Waals surface area contributed by atoms with Gasteiger partial charge >= 0.3 is 58.4 Å². The molecule has 0 spiro atoms. The van der Waals surface area contributed by atoms with Gasteiger partial charge in [0.2, 0.25) is 0 Å². The molecule has 1 aromatic rings. The van der Waals surface area contributed by atoms with Gasteiger partial charge in [-0.1, -0.05) is 17.9 Å². The largest absolute Gasteiger partial charge is 1.00 e. The third-order valence-electron chi connectivity index (χ3n) is 1.45. The molecule has 0 bridgehead atoms. The minimum Gasteiger partial charge on any atom is -0.449 e. The van der Waals surface area contributed by atoms with Gasteiger partial charge in [0, 0.05) is 0 Å². The van der Waals surface area contributed by atoms with Gasteiger partial charge in [-0.15, -0.1) is 0 Å². The van der Waals surface area contributed by atoms with Crippen LogP contribution in [0.15, 0.2) is 22.7 Å². The van der Waals surface area contributed by atoms with E-state index >= 15 is 0 Å². The molecule has 0 amide bonds. The van der Waals surface area contributed by atoms with Crippen molar-refractivity contribution in [3.63, 3.8) is 0 Å². The summed E-state index contributed by atoms with van der Waals surface area (Å²) in [5.41, 5.74) is 0.0702. The first-order valence-corrected chi connectivity index (χ1v) is 4.33. The smallest absolute Gasteiger partial charge is 0.449 e. The van der Waals surface area contributed by atoms with E-state index in [4.69, 9.17) is 0 Å². The van der Waals surface area contributed by atoms with E-state index in [1.54, 1.807) is 0 Å². The van der Waals surface area contributed by atoms with Crippen LogP contribution in [0.3, 0.4) is 0 Å². The summed E-state index contributed by atoms with van der Waals surface area (Å²) in [7, 11) is 0. The van der Waals surface area contributed by atoms with Crippen molar-refractivity contribution in [2.24, 2.45) is 0 Å². The Hall–Kier alpha value is 1.12. The van der Waals surface area contributed by atoms with Gasteiger partial charge in [0.1, 0.15) is 5.82 Å². The molecule has 1 aromatic carbocycles. The van der Waals surface area contributed by atoms with Crippen LogP contribution in [-0.4, -0.2) is 6.98 Å². The molecule has 0 N–H and O–H groups in total. The van der Waals surface area contributed by atoms with E-state index in [0.717, 1.165) is 18.2 Å². The minimum atomic E-state index is -4.85. The van der Waals surface area contributed by atoms with Crippen LogP contribution in [0.25, 0.3) is 0 Å². The van der Waals surface area contributed by atoms with E-state index in [2.05, 4.69) is 15.9 Å². The molecular weight excluding hydrogens is 290 g/mol. The van der Waals surface area contributed by atoms with Crippen molar-refractivity contribution in [1.29, 1.82) is 0 Å². The fourth-order valence-electron chi connectivity index (χ4n) is 0.934. The van der Waals surface area contributed by atoms with Crippen LogP contribution in [0.4, 0.5) is 17.3 Å². The molecule has 0 radical (unpaired) electrons. The van der Waals surface area contributed by atoms with Crippen LogP contribution in [0.2, 0.25) is 0 Å². The average molecular weight is 295 g/mol. The number of benzene rings is 1. The van der Waals surface area contributed by atoms with Crippen molar-refractivity contribution in [2.45, 2.75) is 6.32 Å². The van der Waals surface area contributed by atoms with E-state index < -0.39 is 19.1 Å². The molecule has 0 aliphatic heterocycles. The molecule has 0 fully saturated rings. The summed E-state index contributed by atoms with van der Waals surface area (Å²) in [6.07, 6.45) is -0.973. The predicted molar refractivity (Wildman–Crippen MR) is 46.9 cm³/mol. The SMILES string of the molecule is Fc1ccc(C[B-](F)(F)F)cc1Br.[K+]. The van der Waals surface area contributed by atoms with Crippen LogP contribution in [0.1, 0.15) is 5.56 Å². The zero-order valence-electron chi connectivity index (χ0n) is 7.41. The monoisotopic (exact) mass is 294 g/mol. The van der Waals surface area contributed by atoms with Crippen molar-refractivity contribution in [1.82, 2.24) is 0 Å². The normalized spacial score (nSPS) is 10.9. The van der Waals surface area contributed by atoms with E-state index in [1.807, 2.05) is 0 Å². The van der Waals surface area contributed by atoms with Crippen LogP contribution < -0.4 is 51.4 Å². The first-order valence-electron chi connectivity index (χ1n) is 3.53. The van der Waals surface area contributed by atoms with Crippen LogP contribution in [0, 0.1) is 5.82 Å². The zero-order chi connectivity index (χ0) is 10.1. The van der Waals surface area contributed by atoms with Gasteiger partial charge in [0.25, 0.3) is 0 Å². The maximum atomic E-state index is 12.6. The molecule has 0 atom stereocenters. The molecule has 0 saturated heterocycles. The Balaban J connectivity index is 0.00000169. The summed E-state index contributed by atoms with van der Waals surface area (Å²) < 4.78 is 48.4. The summed E-state index contributed by atoms with van der Waals surface area (Å²) in [5.74, 6) is -0.557. The first kappa shape index (κ1) is 15.1. The summed E-state index contributed by atoms with van der Waals surface area (Å²) in [4.78, 5) is 0. The van der Waals surface area contributed by atoms with Gasteiger partial charge in [-0.25, -0.2) is 4.39 Å². The summed E-state index contributed by atoms with van der Waals surface area (Å²) >= 11 is 2.82. The van der Waals surface area contributed by atoms with Crippen molar-refractivity contribution in [3.05, 3.63) is 34.1 Å². The standard InChI is InChI=1S/C7H5BBrF4.K/c9-6-3-5(1-2-7(6)10)4-8(11,12)13;/h1-3H,4H2;/q-1;+1. The quantitative estimate of drug-likeness (QED) is 0.551. The van der Waals surface area contributed by atoms with Crippen LogP contribution in [0.5, 0.6) is 0 Å². The van der Waals surface area contributed by atoms with Gasteiger partial charge in [0.05, 0.1) is 4.47 Å². The summed E-state index contributed by atoms with van der Waals surface area (Å²) in [6.45, 7) is -4.85. The molecule has 72 valence electrons. The number of rotatable bonds is 2. The van der Waals surface area contributed by atoms with E-state index in [9.17, 15) is 17.3 Å². The summed E-state index contributed by atoms with van der Waals surface area (Å²) in [5, 5.41) is 0. The van der Waals surface area contributed by atoms with Crippen molar-refractivity contribution in [3.8, 4) is 0 Å². The molecular formula is C7H5BBrF4K. The third-order valence-corrected chi connectivity index (χ3v) is 2.06. The van der Waals surface area contributed by atoms with Crippen LogP contribution in [-0.2, 0) is 6.32 Å². The van der Waals surface area contributed by atoms with E-state index in [-0.39, 0.29) is 61.4 Å². The molecule has 0 nitrogen and oxygen atoms in total. The molecule has 1 rings (SSSR count). The molecule has 0 unspecified atom stereocenters. The molecule has 0 heterocycles. The second-order valence-electron chi connectivity index (χ2n) is 2.66. The van der Waals surface area contributed by atoms with Gasteiger partial charge in [-0.05, 0) is 28.1 Å². The fraction of sp³-hybridized carbons (Fsp3) is 0.143. The minimum absolute atomic E-state index is 0. The van der Waals surface area contributed by atoms with Gasteiger partial charge in [-0.3, -0.25) is 0 Å². The predicted octanol–water partition coefficient (Wildman–Crippen LogP) is 0.521. The van der Waals surface area contributed by atoms with Crippen molar-refractivity contribution < 1.29 is 68.7 Å². The first-order chi connectivity index (χ1) is 5.88. The molecule has 0 aliphatic carbocycles. The number of hydrogen-bond acceptors (Lipinski definition) is 0. The third kappa shape index (κ3) is 5.27. The molecule has 7 heteroatoms. The van der Waals surface area contributed by atoms with Gasteiger partial charge in [-0.2, -0.15) is 0 Å². The molecule has 0 aliphatic rings. The Kier molecular flexibility index (Phi) is 6.49. The Morgan fingerprint density at radius 1 is 1.21 bits per heavy atom. The molecule has 14 heavy (non-hydrogen) atoms. The second-order valence-corrected chi connectivity index (χ2v) is 3.52. The topological polar surface area (TPSA) is 0 Å². The van der Waals surface area contributed by atoms with E-state index in [1.165, 1.54) is 0 Å². The summed E-state index contributed by atoms with van der Waals surface area (Å²) in [6, 6.07) is 3.29. The number of hydrogen-bond donors (Lipinski definition) is 0. The second kappa shape index (κ2) is 6.01. The molecule has 0 saturated carbocycles. The Bertz CT molecular complexity index is 315. The van der Waals surface area contributed by atoms with Crippen molar-refractivity contribution in [2.75, 3.05) is 0 Å². The number of halogens is 5. The van der Waals surface area contributed by atoms with Crippen molar-refractivity contribution >= 4 is 22.9 Å². The average Bonchev–Trinajstić information content (AvgIpc) is 1.94. The Labute approximate surface area is 130 Å². The maximum absolute atomic E-state index is 12.6. The maximum Gasteiger partial charge on any atom is 1.00 e. The Morgan fingerprint density at radius 2 is 1.79 bits per heavy atom.